The molecule has 6 heteroatoms. The van der Waals surface area contributed by atoms with E-state index in [1.54, 1.807) is 42.1 Å². The number of carbonyl (C=O) groups excluding carboxylic acids is 2. The second-order valence-corrected chi connectivity index (χ2v) is 5.31. The first kappa shape index (κ1) is 15.9. The maximum Gasteiger partial charge on any atom is 0.262 e. The molecule has 0 unspecified atom stereocenters. The molecule has 3 N–H and O–H groups in total. The summed E-state index contributed by atoms with van der Waals surface area (Å²) in [5, 5.41) is 2.74. The predicted octanol–water partition coefficient (Wildman–Crippen LogP) is 2.52. The normalized spacial score (nSPS) is 10.0. The van der Waals surface area contributed by atoms with Crippen LogP contribution in [0.5, 0.6) is 5.75 Å². The number of para-hydroxylation sites is 1. The summed E-state index contributed by atoms with van der Waals surface area (Å²) in [5.41, 5.74) is 6.20. The van der Waals surface area contributed by atoms with E-state index in [1.807, 2.05) is 24.5 Å². The van der Waals surface area contributed by atoms with Crippen molar-refractivity contribution < 1.29 is 14.3 Å². The van der Waals surface area contributed by atoms with Gasteiger partial charge in [0, 0.05) is 10.6 Å². The first-order valence-corrected chi connectivity index (χ1v) is 7.78. The number of hydrogen-bond donors (Lipinski definition) is 2. The lowest BCUT2D eigenvalue weighted by Gasteiger charge is -2.10. The van der Waals surface area contributed by atoms with Crippen molar-refractivity contribution in [2.45, 2.75) is 4.90 Å². The van der Waals surface area contributed by atoms with Gasteiger partial charge in [-0.25, -0.2) is 0 Å². The van der Waals surface area contributed by atoms with Crippen LogP contribution in [0.4, 0.5) is 5.69 Å². The highest BCUT2D eigenvalue weighted by molar-refractivity contribution is 7.98. The highest BCUT2D eigenvalue weighted by Gasteiger charge is 2.10. The van der Waals surface area contributed by atoms with Gasteiger partial charge in [-0.15, -0.1) is 11.8 Å². The molecule has 0 aromatic heterocycles. The Morgan fingerprint density at radius 3 is 2.68 bits per heavy atom. The molecule has 0 atom stereocenters. The van der Waals surface area contributed by atoms with Gasteiger partial charge in [0.25, 0.3) is 11.8 Å². The summed E-state index contributed by atoms with van der Waals surface area (Å²) in [7, 11) is 0. The topological polar surface area (TPSA) is 81.4 Å². The van der Waals surface area contributed by atoms with Crippen LogP contribution in [0.2, 0.25) is 0 Å². The van der Waals surface area contributed by atoms with Gasteiger partial charge in [0.15, 0.2) is 6.61 Å². The van der Waals surface area contributed by atoms with Crippen LogP contribution in [0.3, 0.4) is 0 Å². The summed E-state index contributed by atoms with van der Waals surface area (Å²) in [5.74, 6) is -0.607. The van der Waals surface area contributed by atoms with Crippen LogP contribution in [-0.2, 0) is 4.79 Å². The van der Waals surface area contributed by atoms with Gasteiger partial charge in [-0.1, -0.05) is 18.2 Å². The molecule has 0 aliphatic heterocycles. The van der Waals surface area contributed by atoms with Crippen LogP contribution in [0.15, 0.2) is 53.4 Å². The van der Waals surface area contributed by atoms with Crippen LogP contribution in [-0.4, -0.2) is 24.7 Å². The molecule has 5 nitrogen and oxygen atoms in total. The molecule has 2 aromatic rings. The minimum Gasteiger partial charge on any atom is -0.483 e. The Morgan fingerprint density at radius 1 is 1.18 bits per heavy atom. The SMILES string of the molecule is CSc1cccc(NC(=O)COc2ccccc2C(N)=O)c1. The van der Waals surface area contributed by atoms with Crippen molar-refractivity contribution in [1.82, 2.24) is 0 Å². The number of nitrogens with one attached hydrogen (secondary N) is 1. The minimum absolute atomic E-state index is 0.201. The third-order valence-electron chi connectivity index (χ3n) is 2.86. The molecule has 2 aromatic carbocycles. The molecule has 114 valence electrons. The number of nitrogens with two attached hydrogens (primary N) is 1. The Hall–Kier alpha value is -2.47. The van der Waals surface area contributed by atoms with Crippen LogP contribution in [0, 0.1) is 0 Å². The third kappa shape index (κ3) is 4.26. The lowest BCUT2D eigenvalue weighted by molar-refractivity contribution is -0.118. The van der Waals surface area contributed by atoms with Crippen molar-refractivity contribution in [3.05, 3.63) is 54.1 Å². The van der Waals surface area contributed by atoms with Crippen molar-refractivity contribution >= 4 is 29.3 Å². The van der Waals surface area contributed by atoms with E-state index >= 15 is 0 Å². The number of amides is 2. The van der Waals surface area contributed by atoms with E-state index in [0.29, 0.717) is 11.4 Å². The van der Waals surface area contributed by atoms with E-state index in [9.17, 15) is 9.59 Å². The fraction of sp³-hybridized carbons (Fsp3) is 0.125. The molecule has 0 heterocycles. The number of anilines is 1. The summed E-state index contributed by atoms with van der Waals surface area (Å²) in [4.78, 5) is 24.2. The number of benzene rings is 2. The van der Waals surface area contributed by atoms with Crippen LogP contribution in [0.1, 0.15) is 10.4 Å². The zero-order chi connectivity index (χ0) is 15.9. The monoisotopic (exact) mass is 316 g/mol. The third-order valence-corrected chi connectivity index (χ3v) is 3.59. The largest absolute Gasteiger partial charge is 0.483 e. The molecule has 0 aliphatic rings. The Labute approximate surface area is 132 Å². The fourth-order valence-electron chi connectivity index (χ4n) is 1.84. The number of carbonyl (C=O) groups is 2. The minimum atomic E-state index is -0.594. The fourth-order valence-corrected chi connectivity index (χ4v) is 2.30. The van der Waals surface area contributed by atoms with Crippen molar-refractivity contribution in [3.8, 4) is 5.75 Å². The standard InChI is InChI=1S/C16H16N2O3S/c1-22-12-6-4-5-11(9-12)18-15(19)10-21-14-8-3-2-7-13(14)16(17)20/h2-9H,10H2,1H3,(H2,17,20)(H,18,19). The van der Waals surface area contributed by atoms with Gasteiger partial charge in [-0.2, -0.15) is 0 Å². The van der Waals surface area contributed by atoms with E-state index in [1.165, 1.54) is 0 Å². The van der Waals surface area contributed by atoms with Crippen molar-refractivity contribution in [2.24, 2.45) is 5.73 Å². The predicted molar refractivity (Wildman–Crippen MR) is 87.3 cm³/mol. The highest BCUT2D eigenvalue weighted by Crippen LogP contribution is 2.19. The first-order chi connectivity index (χ1) is 10.6. The molecule has 0 spiro atoms. The molecular formula is C16H16N2O3S. The van der Waals surface area contributed by atoms with E-state index in [0.717, 1.165) is 4.90 Å². The van der Waals surface area contributed by atoms with Gasteiger partial charge in [0.05, 0.1) is 5.56 Å². The molecule has 2 rings (SSSR count). The zero-order valence-electron chi connectivity index (χ0n) is 12.0. The molecular weight excluding hydrogens is 300 g/mol. The van der Waals surface area contributed by atoms with Gasteiger partial charge in [0.2, 0.25) is 0 Å². The summed E-state index contributed by atoms with van der Waals surface area (Å²) in [6.45, 7) is -0.201. The molecule has 0 aliphatic carbocycles. The van der Waals surface area contributed by atoms with Gasteiger partial charge in [-0.3, -0.25) is 9.59 Å². The van der Waals surface area contributed by atoms with Crippen LogP contribution in [0.25, 0.3) is 0 Å². The average Bonchev–Trinajstić information content (AvgIpc) is 2.53. The van der Waals surface area contributed by atoms with Crippen molar-refractivity contribution in [2.75, 3.05) is 18.2 Å². The van der Waals surface area contributed by atoms with Gasteiger partial charge < -0.3 is 15.8 Å². The molecule has 2 amide bonds. The zero-order valence-corrected chi connectivity index (χ0v) is 12.9. The number of ether oxygens (including phenoxy) is 1. The Balaban J connectivity index is 1.97. The van der Waals surface area contributed by atoms with Crippen molar-refractivity contribution in [3.63, 3.8) is 0 Å². The van der Waals surface area contributed by atoms with E-state index in [4.69, 9.17) is 10.5 Å². The Morgan fingerprint density at radius 2 is 1.95 bits per heavy atom. The maximum absolute atomic E-state index is 11.9. The number of thioether (sulfide) groups is 1. The molecule has 0 radical (unpaired) electrons. The maximum atomic E-state index is 11.9. The molecule has 0 saturated carbocycles. The Kier molecular flexibility index (Phi) is 5.43. The number of hydrogen-bond acceptors (Lipinski definition) is 4. The smallest absolute Gasteiger partial charge is 0.262 e. The summed E-state index contributed by atoms with van der Waals surface area (Å²) in [6, 6.07) is 14.0. The quantitative estimate of drug-likeness (QED) is 0.802. The first-order valence-electron chi connectivity index (χ1n) is 6.55. The lowest BCUT2D eigenvalue weighted by Crippen LogP contribution is -2.21. The highest BCUT2D eigenvalue weighted by atomic mass is 32.2. The molecule has 0 saturated heterocycles. The van der Waals surface area contributed by atoms with Crippen molar-refractivity contribution in [1.29, 1.82) is 0 Å². The van der Waals surface area contributed by atoms with E-state index in [-0.39, 0.29) is 18.1 Å². The van der Waals surface area contributed by atoms with E-state index < -0.39 is 5.91 Å². The van der Waals surface area contributed by atoms with Gasteiger partial charge >= 0.3 is 0 Å². The second-order valence-electron chi connectivity index (χ2n) is 4.43. The van der Waals surface area contributed by atoms with Crippen LogP contribution >= 0.6 is 11.8 Å². The Bertz CT molecular complexity index is 689. The van der Waals surface area contributed by atoms with E-state index in [2.05, 4.69) is 5.32 Å². The lowest BCUT2D eigenvalue weighted by atomic mass is 10.2. The van der Waals surface area contributed by atoms with Crippen LogP contribution < -0.4 is 15.8 Å². The number of rotatable bonds is 6. The van der Waals surface area contributed by atoms with Gasteiger partial charge in [0.1, 0.15) is 5.75 Å². The number of primary amides is 1. The van der Waals surface area contributed by atoms with Gasteiger partial charge in [-0.05, 0) is 36.6 Å². The average molecular weight is 316 g/mol. The molecule has 22 heavy (non-hydrogen) atoms. The summed E-state index contributed by atoms with van der Waals surface area (Å²) >= 11 is 1.59. The molecule has 0 bridgehead atoms. The summed E-state index contributed by atoms with van der Waals surface area (Å²) < 4.78 is 5.37. The second kappa shape index (κ2) is 7.51. The molecule has 0 fully saturated rings. The summed E-state index contributed by atoms with van der Waals surface area (Å²) in [6.07, 6.45) is 1.96.